The number of fused-ring (bicyclic) bond motifs is 15. The zero-order valence-corrected chi connectivity index (χ0v) is 14.3. The van der Waals surface area contributed by atoms with Crippen LogP contribution in [-0.4, -0.2) is 10.2 Å². The Morgan fingerprint density at radius 1 is 0.643 bits per heavy atom. The highest BCUT2D eigenvalue weighted by molar-refractivity contribution is 5.55. The zero-order valence-electron chi connectivity index (χ0n) is 14.3. The SMILES string of the molecule is FC(F)(F)c1nnc(C(F)(F)F)c2c1[C@H]1C[C@@H]2[C@@H]2[C@H]1[C@H]1C[C@@H]2c2ccccc21. The maximum absolute atomic E-state index is 13.6. The van der Waals surface area contributed by atoms with Crippen molar-refractivity contribution in [2.45, 2.75) is 48.9 Å². The van der Waals surface area contributed by atoms with Gasteiger partial charge in [-0.25, -0.2) is 0 Å². The van der Waals surface area contributed by atoms with Crippen molar-refractivity contribution in [2.24, 2.45) is 11.8 Å². The van der Waals surface area contributed by atoms with E-state index in [0.717, 1.165) is 17.5 Å². The molecular formula is C20H14F6N2. The van der Waals surface area contributed by atoms with Gasteiger partial charge in [-0.05, 0) is 70.6 Å². The van der Waals surface area contributed by atoms with E-state index < -0.39 is 35.6 Å². The summed E-state index contributed by atoms with van der Waals surface area (Å²) in [6.07, 6.45) is -8.46. The van der Waals surface area contributed by atoms with E-state index >= 15 is 0 Å². The molecule has 1 aromatic carbocycles. The minimum atomic E-state index is -4.81. The summed E-state index contributed by atoms with van der Waals surface area (Å²) in [6.45, 7) is 0. The topological polar surface area (TPSA) is 25.8 Å². The molecular weight excluding hydrogens is 382 g/mol. The predicted molar refractivity (Wildman–Crippen MR) is 85.7 cm³/mol. The van der Waals surface area contributed by atoms with Crippen LogP contribution in [0.1, 0.15) is 70.2 Å². The maximum atomic E-state index is 13.6. The first-order valence-electron chi connectivity index (χ1n) is 9.31. The number of hydrogen-bond acceptors (Lipinski definition) is 2. The number of alkyl halides is 6. The van der Waals surface area contributed by atoms with E-state index in [9.17, 15) is 26.3 Å². The number of nitrogens with zero attached hydrogens (tertiary/aromatic N) is 2. The molecule has 0 spiro atoms. The van der Waals surface area contributed by atoms with Crippen LogP contribution in [0, 0.1) is 11.8 Å². The average molecular weight is 396 g/mol. The summed E-state index contributed by atoms with van der Waals surface area (Å²) in [5.74, 6) is -0.883. The quantitative estimate of drug-likeness (QED) is 0.427. The number of halogens is 6. The summed E-state index contributed by atoms with van der Waals surface area (Å²) in [5, 5.41) is 6.06. The Labute approximate surface area is 156 Å². The van der Waals surface area contributed by atoms with E-state index in [2.05, 4.69) is 10.2 Å². The molecule has 0 radical (unpaired) electrons. The largest absolute Gasteiger partial charge is 0.435 e. The molecule has 4 bridgehead atoms. The second-order valence-corrected chi connectivity index (χ2v) is 8.40. The fraction of sp³-hybridized carbons (Fsp3) is 0.500. The van der Waals surface area contributed by atoms with Gasteiger partial charge in [-0.2, -0.15) is 26.3 Å². The Kier molecular flexibility index (Phi) is 2.93. The van der Waals surface area contributed by atoms with Crippen molar-refractivity contribution in [3.05, 3.63) is 57.9 Å². The minimum Gasteiger partial charge on any atom is -0.164 e. The summed E-state index contributed by atoms with van der Waals surface area (Å²) in [4.78, 5) is 0. The number of benzene rings is 1. The lowest BCUT2D eigenvalue weighted by Crippen LogP contribution is -2.31. The lowest BCUT2D eigenvalue weighted by atomic mass is 9.66. The highest BCUT2D eigenvalue weighted by atomic mass is 19.4. The molecule has 2 nitrogen and oxygen atoms in total. The Morgan fingerprint density at radius 3 is 1.43 bits per heavy atom. The van der Waals surface area contributed by atoms with Gasteiger partial charge in [0.05, 0.1) is 0 Å². The van der Waals surface area contributed by atoms with Crippen LogP contribution >= 0.6 is 0 Å². The van der Waals surface area contributed by atoms with Crippen molar-refractivity contribution in [3.8, 4) is 0 Å². The number of hydrogen-bond donors (Lipinski definition) is 0. The highest BCUT2D eigenvalue weighted by Crippen LogP contribution is 2.75. The molecule has 6 atom stereocenters. The van der Waals surface area contributed by atoms with Crippen molar-refractivity contribution in [1.29, 1.82) is 0 Å². The lowest BCUT2D eigenvalue weighted by Gasteiger charge is -2.38. The second kappa shape index (κ2) is 4.89. The van der Waals surface area contributed by atoms with E-state index in [-0.39, 0.29) is 34.8 Å². The molecule has 0 N–H and O–H groups in total. The second-order valence-electron chi connectivity index (χ2n) is 8.40. The van der Waals surface area contributed by atoms with Gasteiger partial charge in [0, 0.05) is 0 Å². The molecule has 146 valence electrons. The van der Waals surface area contributed by atoms with Crippen LogP contribution in [0.3, 0.4) is 0 Å². The van der Waals surface area contributed by atoms with Crippen LogP contribution in [0.5, 0.6) is 0 Å². The molecule has 8 heteroatoms. The fourth-order valence-corrected chi connectivity index (χ4v) is 6.92. The standard InChI is InChI=1S/C20H14F6N2/c21-19(22,23)17-15-11-6-12(16(15)18(28-27-17)20(24,25)26)14-10-5-9(13(11)14)7-3-1-2-4-8(7)10/h1-4,9-14H,5-6H2/t9-,10+,11-,12+,13-,14+. The van der Waals surface area contributed by atoms with Crippen LogP contribution in [0.4, 0.5) is 26.3 Å². The van der Waals surface area contributed by atoms with Gasteiger partial charge in [0.25, 0.3) is 0 Å². The molecule has 0 saturated heterocycles. The maximum Gasteiger partial charge on any atom is 0.435 e. The summed E-state index contributed by atoms with van der Waals surface area (Å²) in [6, 6.07) is 7.87. The van der Waals surface area contributed by atoms with Crippen molar-refractivity contribution >= 4 is 0 Å². The molecule has 0 aliphatic heterocycles. The summed E-state index contributed by atoms with van der Waals surface area (Å²) in [7, 11) is 0. The van der Waals surface area contributed by atoms with Crippen LogP contribution in [-0.2, 0) is 12.4 Å². The Balaban J connectivity index is 1.57. The third kappa shape index (κ3) is 1.86. The van der Waals surface area contributed by atoms with Crippen molar-refractivity contribution in [2.75, 3.05) is 0 Å². The minimum absolute atomic E-state index is 0.0382. The average Bonchev–Trinajstić information content (AvgIpc) is 3.35. The van der Waals surface area contributed by atoms with Gasteiger partial charge < -0.3 is 0 Å². The van der Waals surface area contributed by atoms with Crippen LogP contribution in [0.2, 0.25) is 0 Å². The van der Waals surface area contributed by atoms with Gasteiger partial charge in [-0.15, -0.1) is 10.2 Å². The highest BCUT2D eigenvalue weighted by Gasteiger charge is 2.66. The summed E-state index contributed by atoms with van der Waals surface area (Å²) < 4.78 is 81.5. The molecule has 2 saturated carbocycles. The van der Waals surface area contributed by atoms with Gasteiger partial charge >= 0.3 is 12.4 Å². The molecule has 1 heterocycles. The third-order valence-corrected chi connectivity index (χ3v) is 7.44. The van der Waals surface area contributed by atoms with Gasteiger partial charge in [0.2, 0.25) is 0 Å². The molecule has 28 heavy (non-hydrogen) atoms. The Morgan fingerprint density at radius 2 is 1.04 bits per heavy atom. The van der Waals surface area contributed by atoms with Crippen molar-refractivity contribution < 1.29 is 26.3 Å². The van der Waals surface area contributed by atoms with E-state index in [1.54, 1.807) is 0 Å². The molecule has 1 aromatic heterocycles. The predicted octanol–water partition coefficient (Wildman–Crippen LogP) is 5.62. The van der Waals surface area contributed by atoms with E-state index in [4.69, 9.17) is 0 Å². The van der Waals surface area contributed by atoms with Crippen molar-refractivity contribution in [3.63, 3.8) is 0 Å². The Hall–Kier alpha value is -2.12. The van der Waals surface area contributed by atoms with Gasteiger partial charge in [-0.3, -0.25) is 0 Å². The van der Waals surface area contributed by atoms with Crippen molar-refractivity contribution in [1.82, 2.24) is 10.2 Å². The fourth-order valence-electron chi connectivity index (χ4n) is 6.92. The van der Waals surface area contributed by atoms with Gasteiger partial charge in [0.15, 0.2) is 11.4 Å². The van der Waals surface area contributed by atoms with Crippen LogP contribution in [0.15, 0.2) is 24.3 Å². The van der Waals surface area contributed by atoms with Crippen LogP contribution < -0.4 is 0 Å². The monoisotopic (exact) mass is 396 g/mol. The lowest BCUT2D eigenvalue weighted by molar-refractivity contribution is -0.149. The molecule has 0 amide bonds. The van der Waals surface area contributed by atoms with E-state index in [0.29, 0.717) is 6.42 Å². The first-order valence-corrected chi connectivity index (χ1v) is 9.31. The first kappa shape index (κ1) is 16.8. The number of aromatic nitrogens is 2. The Bertz CT molecular complexity index is 933. The third-order valence-electron chi connectivity index (χ3n) is 7.44. The summed E-state index contributed by atoms with van der Waals surface area (Å²) in [5.41, 5.74) is -0.587. The van der Waals surface area contributed by atoms with E-state index in [1.807, 2.05) is 24.3 Å². The molecule has 0 unspecified atom stereocenters. The first-order chi connectivity index (χ1) is 13.2. The molecule has 6 rings (SSSR count). The van der Waals surface area contributed by atoms with Gasteiger partial charge in [-0.1, -0.05) is 24.3 Å². The number of rotatable bonds is 0. The molecule has 4 aliphatic carbocycles. The zero-order chi connectivity index (χ0) is 19.6. The van der Waals surface area contributed by atoms with Crippen LogP contribution in [0.25, 0.3) is 0 Å². The molecule has 2 aromatic rings. The van der Waals surface area contributed by atoms with E-state index in [1.165, 1.54) is 0 Å². The molecule has 2 fully saturated rings. The molecule has 4 aliphatic rings. The summed E-state index contributed by atoms with van der Waals surface area (Å²) >= 11 is 0. The smallest absolute Gasteiger partial charge is 0.164 e. The normalized spacial score (nSPS) is 34.5. The van der Waals surface area contributed by atoms with Gasteiger partial charge in [0.1, 0.15) is 0 Å².